The van der Waals surface area contributed by atoms with Gasteiger partial charge in [-0.2, -0.15) is 0 Å². The Hall–Kier alpha value is -2.37. The molecular formula is C17H23N3O3. The van der Waals surface area contributed by atoms with Gasteiger partial charge >= 0.3 is 0 Å². The molecule has 0 saturated carbocycles. The summed E-state index contributed by atoms with van der Waals surface area (Å²) in [5.74, 6) is -1.84. The molecule has 4 N–H and O–H groups in total. The van der Waals surface area contributed by atoms with Gasteiger partial charge in [0.15, 0.2) is 0 Å². The molecule has 1 saturated heterocycles. The third kappa shape index (κ3) is 4.31. The van der Waals surface area contributed by atoms with Gasteiger partial charge in [0, 0.05) is 6.42 Å². The summed E-state index contributed by atoms with van der Waals surface area (Å²) in [4.78, 5) is 36.2. The molecule has 0 spiro atoms. The number of amides is 3. The van der Waals surface area contributed by atoms with Crippen molar-refractivity contribution in [3.05, 3.63) is 35.9 Å². The minimum atomic E-state index is -0.876. The van der Waals surface area contributed by atoms with Gasteiger partial charge in [-0.25, -0.2) is 0 Å². The van der Waals surface area contributed by atoms with E-state index in [4.69, 9.17) is 5.73 Å². The lowest BCUT2D eigenvalue weighted by atomic mass is 9.90. The Labute approximate surface area is 135 Å². The molecule has 1 aliphatic rings. The van der Waals surface area contributed by atoms with Crippen LogP contribution >= 0.6 is 0 Å². The van der Waals surface area contributed by atoms with Crippen molar-refractivity contribution in [1.82, 2.24) is 10.6 Å². The molecular weight excluding hydrogens is 294 g/mol. The molecule has 0 aliphatic carbocycles. The number of primary amides is 1. The fourth-order valence-electron chi connectivity index (χ4n) is 2.82. The third-order valence-electron chi connectivity index (χ3n) is 4.13. The molecule has 6 nitrogen and oxygen atoms in total. The van der Waals surface area contributed by atoms with Crippen LogP contribution in [0.3, 0.4) is 0 Å². The number of unbranched alkanes of at least 4 members (excludes halogenated alkanes) is 1. The topological polar surface area (TPSA) is 101 Å². The highest BCUT2D eigenvalue weighted by atomic mass is 16.2. The molecule has 3 atom stereocenters. The normalized spacial score (nSPS) is 22.1. The van der Waals surface area contributed by atoms with E-state index in [1.807, 2.05) is 37.3 Å². The molecule has 1 fully saturated rings. The molecule has 0 bridgehead atoms. The number of nitrogens with two attached hydrogens (primary N) is 1. The first-order valence-electron chi connectivity index (χ1n) is 7.97. The summed E-state index contributed by atoms with van der Waals surface area (Å²) in [7, 11) is 0. The molecule has 1 aliphatic heterocycles. The average Bonchev–Trinajstić information content (AvgIpc) is 2.52. The van der Waals surface area contributed by atoms with Gasteiger partial charge in [-0.05, 0) is 12.0 Å². The van der Waals surface area contributed by atoms with Gasteiger partial charge in [0.05, 0.1) is 5.92 Å². The maximum Gasteiger partial charge on any atom is 0.244 e. The van der Waals surface area contributed by atoms with E-state index in [9.17, 15) is 14.4 Å². The van der Waals surface area contributed by atoms with Crippen molar-refractivity contribution in [3.63, 3.8) is 0 Å². The van der Waals surface area contributed by atoms with Crippen LogP contribution in [0, 0.1) is 5.92 Å². The molecule has 124 valence electrons. The van der Waals surface area contributed by atoms with Crippen LogP contribution in [0.1, 0.15) is 31.7 Å². The lowest BCUT2D eigenvalue weighted by Crippen LogP contribution is -2.65. The number of carbonyl (C=O) groups is 3. The monoisotopic (exact) mass is 317 g/mol. The van der Waals surface area contributed by atoms with Crippen molar-refractivity contribution in [2.45, 2.75) is 44.7 Å². The van der Waals surface area contributed by atoms with Gasteiger partial charge in [0.2, 0.25) is 17.7 Å². The van der Waals surface area contributed by atoms with Crippen LogP contribution in [0.15, 0.2) is 30.3 Å². The summed E-state index contributed by atoms with van der Waals surface area (Å²) in [5, 5.41) is 5.39. The Morgan fingerprint density at radius 3 is 2.48 bits per heavy atom. The largest absolute Gasteiger partial charge is 0.369 e. The molecule has 6 heteroatoms. The van der Waals surface area contributed by atoms with E-state index >= 15 is 0 Å². The first-order chi connectivity index (χ1) is 11.0. The number of rotatable bonds is 7. The lowest BCUT2D eigenvalue weighted by molar-refractivity contribution is -0.140. The lowest BCUT2D eigenvalue weighted by Gasteiger charge is -2.33. The zero-order valence-corrected chi connectivity index (χ0v) is 13.2. The van der Waals surface area contributed by atoms with Crippen LogP contribution in [0.25, 0.3) is 0 Å². The zero-order valence-electron chi connectivity index (χ0n) is 13.2. The van der Waals surface area contributed by atoms with Crippen LogP contribution in [0.2, 0.25) is 0 Å². The van der Waals surface area contributed by atoms with Gasteiger partial charge in [-0.1, -0.05) is 50.1 Å². The number of piperazine rings is 1. The van der Waals surface area contributed by atoms with Crippen molar-refractivity contribution < 1.29 is 14.4 Å². The summed E-state index contributed by atoms with van der Waals surface area (Å²) < 4.78 is 0. The minimum Gasteiger partial charge on any atom is -0.369 e. The summed E-state index contributed by atoms with van der Waals surface area (Å²) in [5.41, 5.74) is 6.37. The van der Waals surface area contributed by atoms with Crippen LogP contribution in [0.5, 0.6) is 0 Å². The van der Waals surface area contributed by atoms with Gasteiger partial charge in [0.25, 0.3) is 0 Å². The highest BCUT2D eigenvalue weighted by Crippen LogP contribution is 2.17. The third-order valence-corrected chi connectivity index (χ3v) is 4.13. The van der Waals surface area contributed by atoms with Gasteiger partial charge in [-0.15, -0.1) is 0 Å². The molecule has 1 aromatic rings. The Morgan fingerprint density at radius 1 is 1.17 bits per heavy atom. The Kier molecular flexibility index (Phi) is 5.73. The van der Waals surface area contributed by atoms with Crippen LogP contribution in [-0.2, 0) is 20.8 Å². The van der Waals surface area contributed by atoms with E-state index in [0.717, 1.165) is 18.4 Å². The van der Waals surface area contributed by atoms with Crippen LogP contribution < -0.4 is 16.4 Å². The smallest absolute Gasteiger partial charge is 0.244 e. The van der Waals surface area contributed by atoms with Gasteiger partial charge in [-0.3, -0.25) is 14.4 Å². The maximum absolute atomic E-state index is 12.3. The Bertz CT molecular complexity index is 574. The molecule has 1 aromatic carbocycles. The van der Waals surface area contributed by atoms with E-state index < -0.39 is 23.9 Å². The van der Waals surface area contributed by atoms with Crippen molar-refractivity contribution in [2.24, 2.45) is 11.7 Å². The molecule has 0 radical (unpaired) electrons. The number of hydrogen-bond acceptors (Lipinski definition) is 3. The van der Waals surface area contributed by atoms with Gasteiger partial charge in [0.1, 0.15) is 12.1 Å². The SMILES string of the molecule is CCCCC(C(N)=O)[C@H]1NC(=O)[C@@H](Cc2ccccc2)NC1=O. The fourth-order valence-corrected chi connectivity index (χ4v) is 2.82. The zero-order chi connectivity index (χ0) is 16.8. The maximum atomic E-state index is 12.3. The van der Waals surface area contributed by atoms with E-state index in [1.54, 1.807) is 0 Å². The molecule has 3 amide bonds. The molecule has 1 unspecified atom stereocenters. The number of nitrogens with one attached hydrogen (secondary N) is 2. The summed E-state index contributed by atoms with van der Waals surface area (Å²) in [6.45, 7) is 1.99. The van der Waals surface area contributed by atoms with E-state index in [1.165, 1.54) is 0 Å². The minimum absolute atomic E-state index is 0.277. The quantitative estimate of drug-likeness (QED) is 0.682. The second kappa shape index (κ2) is 7.76. The number of carbonyl (C=O) groups excluding carboxylic acids is 3. The standard InChI is InChI=1S/C17H23N3O3/c1-2-3-9-12(15(18)21)14-17(23)19-13(16(22)20-14)10-11-7-5-4-6-8-11/h4-8,12-14H,2-3,9-10H2,1H3,(H2,18,21)(H,19,23)(H,20,22)/t12?,13-,14-/m1/s1. The van der Waals surface area contributed by atoms with E-state index in [0.29, 0.717) is 12.8 Å². The second-order valence-corrected chi connectivity index (χ2v) is 5.89. The van der Waals surface area contributed by atoms with Gasteiger partial charge < -0.3 is 16.4 Å². The Morgan fingerprint density at radius 2 is 1.87 bits per heavy atom. The number of hydrogen-bond donors (Lipinski definition) is 3. The molecule has 0 aromatic heterocycles. The highest BCUT2D eigenvalue weighted by molar-refractivity contribution is 5.99. The fraction of sp³-hybridized carbons (Fsp3) is 0.471. The average molecular weight is 317 g/mol. The van der Waals surface area contributed by atoms with E-state index in [-0.39, 0.29) is 11.8 Å². The Balaban J connectivity index is 2.04. The number of benzene rings is 1. The first kappa shape index (κ1) is 17.0. The van der Waals surface area contributed by atoms with E-state index in [2.05, 4.69) is 10.6 Å². The first-order valence-corrected chi connectivity index (χ1v) is 7.97. The van der Waals surface area contributed by atoms with Crippen LogP contribution in [0.4, 0.5) is 0 Å². The van der Waals surface area contributed by atoms with Crippen molar-refractivity contribution in [2.75, 3.05) is 0 Å². The van der Waals surface area contributed by atoms with Crippen LogP contribution in [-0.4, -0.2) is 29.8 Å². The summed E-state index contributed by atoms with van der Waals surface area (Å²) >= 11 is 0. The summed E-state index contributed by atoms with van der Waals surface area (Å²) in [6, 6.07) is 7.96. The molecule has 2 rings (SSSR count). The molecule has 1 heterocycles. The van der Waals surface area contributed by atoms with Crippen molar-refractivity contribution in [1.29, 1.82) is 0 Å². The second-order valence-electron chi connectivity index (χ2n) is 5.89. The highest BCUT2D eigenvalue weighted by Gasteiger charge is 2.40. The molecule has 23 heavy (non-hydrogen) atoms. The van der Waals surface area contributed by atoms with Crippen molar-refractivity contribution >= 4 is 17.7 Å². The predicted molar refractivity (Wildman–Crippen MR) is 86.2 cm³/mol. The van der Waals surface area contributed by atoms with Crippen molar-refractivity contribution in [3.8, 4) is 0 Å². The summed E-state index contributed by atoms with van der Waals surface area (Å²) in [6.07, 6.45) is 2.58. The predicted octanol–water partition coefficient (Wildman–Crippen LogP) is 0.504.